The molecule has 144 valence electrons. The van der Waals surface area contributed by atoms with Crippen LogP contribution in [0, 0.1) is 0 Å². The van der Waals surface area contributed by atoms with E-state index in [0.29, 0.717) is 13.0 Å². The second-order valence-corrected chi connectivity index (χ2v) is 13.4. The summed E-state index contributed by atoms with van der Waals surface area (Å²) >= 11 is 0. The number of hydrogen-bond acceptors (Lipinski definition) is 3. The molecule has 1 amide bonds. The van der Waals surface area contributed by atoms with Crippen LogP contribution in [0.1, 0.15) is 44.4 Å². The second kappa shape index (κ2) is 7.97. The Morgan fingerprint density at radius 3 is 2.58 bits per heavy atom. The first-order valence-electron chi connectivity index (χ1n) is 9.31. The van der Waals surface area contributed by atoms with Crippen molar-refractivity contribution in [2.24, 2.45) is 0 Å². The van der Waals surface area contributed by atoms with E-state index in [1.165, 1.54) is 18.2 Å². The highest BCUT2D eigenvalue weighted by Crippen LogP contribution is 2.39. The number of amides is 1. The number of ether oxygens (including phenoxy) is 1. The third kappa shape index (κ3) is 4.21. The van der Waals surface area contributed by atoms with Crippen molar-refractivity contribution in [3.63, 3.8) is 0 Å². The predicted molar refractivity (Wildman–Crippen MR) is 109 cm³/mol. The maximum Gasteiger partial charge on any atom is 0.410 e. The SMILES string of the molecule is C=CC[C@@H]1c2ccccc2C[C@@H](CO[Si](C)(C)C(C)(C)C)N1C(=O)OC. The Balaban J connectivity index is 2.34. The van der Waals surface area contributed by atoms with E-state index in [9.17, 15) is 4.79 Å². The van der Waals surface area contributed by atoms with E-state index >= 15 is 0 Å². The number of nitrogens with zero attached hydrogens (tertiary/aromatic N) is 1. The number of rotatable bonds is 5. The van der Waals surface area contributed by atoms with Crippen LogP contribution in [0.4, 0.5) is 4.79 Å². The quantitative estimate of drug-likeness (QED) is 0.516. The second-order valence-electron chi connectivity index (χ2n) is 8.55. The molecule has 1 aromatic rings. The molecule has 2 rings (SSSR count). The summed E-state index contributed by atoms with van der Waals surface area (Å²) < 4.78 is 11.6. The van der Waals surface area contributed by atoms with Gasteiger partial charge in [-0.1, -0.05) is 51.1 Å². The van der Waals surface area contributed by atoms with Gasteiger partial charge >= 0.3 is 6.09 Å². The minimum atomic E-state index is -1.89. The van der Waals surface area contributed by atoms with Gasteiger partial charge in [-0.05, 0) is 42.1 Å². The molecule has 1 aliphatic rings. The highest BCUT2D eigenvalue weighted by molar-refractivity contribution is 6.74. The molecule has 0 unspecified atom stereocenters. The number of carbonyl (C=O) groups excluding carboxylic acids is 1. The summed E-state index contributed by atoms with van der Waals surface area (Å²) in [5.41, 5.74) is 2.46. The molecule has 0 radical (unpaired) electrons. The van der Waals surface area contributed by atoms with Crippen LogP contribution in [0.15, 0.2) is 36.9 Å². The number of carbonyl (C=O) groups is 1. The molecular formula is C21H33NO3Si. The fourth-order valence-corrected chi connectivity index (χ4v) is 4.28. The summed E-state index contributed by atoms with van der Waals surface area (Å²) in [6, 6.07) is 8.25. The Bertz CT molecular complexity index is 651. The Kier molecular flexibility index (Phi) is 6.35. The zero-order chi connectivity index (χ0) is 19.5. The van der Waals surface area contributed by atoms with Crippen molar-refractivity contribution in [3.8, 4) is 0 Å². The van der Waals surface area contributed by atoms with Crippen LogP contribution in [-0.4, -0.2) is 39.1 Å². The largest absolute Gasteiger partial charge is 0.453 e. The van der Waals surface area contributed by atoms with Gasteiger partial charge in [-0.15, -0.1) is 6.58 Å². The van der Waals surface area contributed by atoms with Crippen LogP contribution >= 0.6 is 0 Å². The van der Waals surface area contributed by atoms with Crippen molar-refractivity contribution < 1.29 is 14.0 Å². The van der Waals surface area contributed by atoms with Crippen molar-refractivity contribution in [3.05, 3.63) is 48.0 Å². The summed E-state index contributed by atoms with van der Waals surface area (Å²) in [5, 5.41) is 0.135. The topological polar surface area (TPSA) is 38.8 Å². The summed E-state index contributed by atoms with van der Waals surface area (Å²) in [6.07, 6.45) is 3.06. The number of hydrogen-bond donors (Lipinski definition) is 0. The molecule has 0 fully saturated rings. The molecular weight excluding hydrogens is 342 g/mol. The molecule has 1 aliphatic heterocycles. The monoisotopic (exact) mass is 375 g/mol. The lowest BCUT2D eigenvalue weighted by Crippen LogP contribution is -2.52. The molecule has 0 saturated carbocycles. The van der Waals surface area contributed by atoms with Gasteiger partial charge < -0.3 is 9.16 Å². The maximum absolute atomic E-state index is 12.6. The van der Waals surface area contributed by atoms with Crippen LogP contribution in [0.25, 0.3) is 0 Å². The molecule has 5 heteroatoms. The lowest BCUT2D eigenvalue weighted by molar-refractivity contribution is 0.0548. The highest BCUT2D eigenvalue weighted by atomic mass is 28.4. The van der Waals surface area contributed by atoms with E-state index in [1.807, 2.05) is 17.0 Å². The van der Waals surface area contributed by atoms with Gasteiger partial charge in [0.15, 0.2) is 8.32 Å². The van der Waals surface area contributed by atoms with Crippen molar-refractivity contribution in [2.45, 2.75) is 63.8 Å². The Morgan fingerprint density at radius 1 is 1.35 bits per heavy atom. The highest BCUT2D eigenvalue weighted by Gasteiger charge is 2.41. The molecule has 4 nitrogen and oxygen atoms in total. The fraction of sp³-hybridized carbons (Fsp3) is 0.571. The van der Waals surface area contributed by atoms with Gasteiger partial charge in [0.25, 0.3) is 0 Å². The Hall–Kier alpha value is -1.59. The lowest BCUT2D eigenvalue weighted by atomic mass is 9.87. The molecule has 0 saturated heterocycles. The van der Waals surface area contributed by atoms with Crippen LogP contribution < -0.4 is 0 Å². The molecule has 26 heavy (non-hydrogen) atoms. The number of benzene rings is 1. The molecule has 1 heterocycles. The van der Waals surface area contributed by atoms with E-state index in [0.717, 1.165) is 6.42 Å². The zero-order valence-electron chi connectivity index (χ0n) is 17.0. The van der Waals surface area contributed by atoms with Gasteiger partial charge in [-0.2, -0.15) is 0 Å². The molecule has 0 aromatic heterocycles. The lowest BCUT2D eigenvalue weighted by Gasteiger charge is -2.44. The van der Waals surface area contributed by atoms with Crippen LogP contribution in [-0.2, 0) is 15.6 Å². The van der Waals surface area contributed by atoms with Crippen molar-refractivity contribution in [1.29, 1.82) is 0 Å². The molecule has 0 spiro atoms. The maximum atomic E-state index is 12.6. The van der Waals surface area contributed by atoms with Gasteiger partial charge in [0, 0.05) is 0 Å². The van der Waals surface area contributed by atoms with Crippen LogP contribution in [0.3, 0.4) is 0 Å². The normalized spacial score (nSPS) is 20.5. The minimum Gasteiger partial charge on any atom is -0.453 e. The van der Waals surface area contributed by atoms with Gasteiger partial charge in [0.1, 0.15) is 0 Å². The van der Waals surface area contributed by atoms with E-state index < -0.39 is 8.32 Å². The first-order valence-corrected chi connectivity index (χ1v) is 12.2. The molecule has 0 aliphatic carbocycles. The molecule has 2 atom stereocenters. The fourth-order valence-electron chi connectivity index (χ4n) is 3.24. The van der Waals surface area contributed by atoms with Crippen LogP contribution in [0.5, 0.6) is 0 Å². The van der Waals surface area contributed by atoms with E-state index in [4.69, 9.17) is 9.16 Å². The summed E-state index contributed by atoms with van der Waals surface area (Å²) in [6.45, 7) is 15.6. The van der Waals surface area contributed by atoms with Gasteiger partial charge in [0.2, 0.25) is 0 Å². The number of fused-ring (bicyclic) bond motifs is 1. The number of methoxy groups -OCH3 is 1. The van der Waals surface area contributed by atoms with Gasteiger partial charge in [-0.25, -0.2) is 4.79 Å². The van der Waals surface area contributed by atoms with Gasteiger partial charge in [0.05, 0.1) is 25.8 Å². The van der Waals surface area contributed by atoms with Crippen molar-refractivity contribution in [2.75, 3.05) is 13.7 Å². The predicted octanol–water partition coefficient (Wildman–Crippen LogP) is 5.32. The van der Waals surface area contributed by atoms with Crippen molar-refractivity contribution in [1.82, 2.24) is 4.90 Å². The summed E-state index contributed by atoms with van der Waals surface area (Å²) in [7, 11) is -0.450. The zero-order valence-corrected chi connectivity index (χ0v) is 18.0. The molecule has 0 bridgehead atoms. The average Bonchev–Trinajstić information content (AvgIpc) is 2.58. The van der Waals surface area contributed by atoms with Gasteiger partial charge in [-0.3, -0.25) is 4.90 Å². The Morgan fingerprint density at radius 2 is 2.00 bits per heavy atom. The summed E-state index contributed by atoms with van der Waals surface area (Å²) in [5.74, 6) is 0. The smallest absolute Gasteiger partial charge is 0.410 e. The Labute approximate surface area is 159 Å². The molecule has 0 N–H and O–H groups in total. The first-order chi connectivity index (χ1) is 12.1. The van der Waals surface area contributed by atoms with Crippen LogP contribution in [0.2, 0.25) is 18.1 Å². The van der Waals surface area contributed by atoms with E-state index in [2.05, 4.69) is 58.6 Å². The summed E-state index contributed by atoms with van der Waals surface area (Å²) in [4.78, 5) is 14.5. The first kappa shape index (κ1) is 20.7. The van der Waals surface area contributed by atoms with E-state index in [1.54, 1.807) is 0 Å². The van der Waals surface area contributed by atoms with Crippen molar-refractivity contribution >= 4 is 14.4 Å². The third-order valence-corrected chi connectivity index (χ3v) is 10.3. The standard InChI is InChI=1S/C21H33NO3Si/c1-8-11-19-18-13-10-9-12-16(18)14-17(22(19)20(23)24-5)15-25-26(6,7)21(2,3)4/h8-10,12-13,17,19H,1,11,14-15H2,2-7H3/t17-,19+/m0/s1. The molecule has 1 aromatic carbocycles. The third-order valence-electron chi connectivity index (χ3n) is 5.82. The van der Waals surface area contributed by atoms with E-state index in [-0.39, 0.29) is 23.2 Å². The minimum absolute atomic E-state index is 0.0311. The average molecular weight is 376 g/mol.